The molecule has 0 saturated heterocycles. The Kier molecular flexibility index (Phi) is 5.27. The molecule has 0 aromatic carbocycles. The zero-order valence-corrected chi connectivity index (χ0v) is 9.78. The van der Waals surface area contributed by atoms with Crippen LogP contribution < -0.4 is 0 Å². The highest BCUT2D eigenvalue weighted by atomic mass is 16.1. The number of hydrogen-bond acceptors (Lipinski definition) is 1. The monoisotopic (exact) mass is 214 g/mol. The van der Waals surface area contributed by atoms with E-state index >= 15 is 0 Å². The molecule has 0 amide bonds. The first-order valence-electron chi connectivity index (χ1n) is 5.57. The van der Waals surface area contributed by atoms with Crippen LogP contribution in [0.4, 0.5) is 0 Å². The summed E-state index contributed by atoms with van der Waals surface area (Å²) in [6.45, 7) is 5.55. The van der Waals surface area contributed by atoms with Gasteiger partial charge in [0.25, 0.3) is 0 Å². The number of carbonyl (C=O) groups is 1. The molecule has 1 aliphatic rings. The summed E-state index contributed by atoms with van der Waals surface area (Å²) < 4.78 is 0. The highest BCUT2D eigenvalue weighted by Crippen LogP contribution is 2.12. The van der Waals surface area contributed by atoms with Crippen molar-refractivity contribution in [2.75, 3.05) is 0 Å². The summed E-state index contributed by atoms with van der Waals surface area (Å²) in [5.41, 5.74) is 2.18. The molecule has 1 nitrogen and oxygen atoms in total. The minimum absolute atomic E-state index is 0.237. The van der Waals surface area contributed by atoms with Gasteiger partial charge in [-0.25, -0.2) is 0 Å². The molecular formula is C15H18O. The summed E-state index contributed by atoms with van der Waals surface area (Å²) in [4.78, 5) is 10.9. The predicted octanol–water partition coefficient (Wildman–Crippen LogP) is 3.91. The highest BCUT2D eigenvalue weighted by Gasteiger charge is 1.97. The third kappa shape index (κ3) is 5.30. The molecule has 0 aliphatic heterocycles. The second kappa shape index (κ2) is 6.78. The number of allylic oxidation sites excluding steroid dienone is 9. The summed E-state index contributed by atoms with van der Waals surface area (Å²) in [6, 6.07) is 0. The summed E-state index contributed by atoms with van der Waals surface area (Å²) in [7, 11) is 0. The lowest BCUT2D eigenvalue weighted by atomic mass is 10.0. The Balaban J connectivity index is 2.69. The maximum Gasteiger partial charge on any atom is 0.130 e. The first-order valence-corrected chi connectivity index (χ1v) is 5.57. The van der Waals surface area contributed by atoms with Crippen molar-refractivity contribution >= 4 is 5.78 Å². The molecule has 0 saturated carbocycles. The molecule has 0 radical (unpaired) electrons. The zero-order valence-electron chi connectivity index (χ0n) is 9.78. The van der Waals surface area contributed by atoms with Gasteiger partial charge in [-0.2, -0.15) is 0 Å². The van der Waals surface area contributed by atoms with E-state index in [1.165, 1.54) is 5.57 Å². The molecular weight excluding hydrogens is 196 g/mol. The normalized spacial score (nSPS) is 25.3. The van der Waals surface area contributed by atoms with E-state index in [1.807, 2.05) is 24.3 Å². The molecule has 0 atom stereocenters. The fourth-order valence-electron chi connectivity index (χ4n) is 1.40. The molecule has 0 unspecified atom stereocenters. The van der Waals surface area contributed by atoms with Crippen LogP contribution in [0.3, 0.4) is 0 Å². The number of carbonyl (C=O) groups excluding carboxylic acids is 1. The number of hydrogen-bond donors (Lipinski definition) is 0. The average molecular weight is 214 g/mol. The molecule has 1 rings (SSSR count). The van der Waals surface area contributed by atoms with Gasteiger partial charge in [0.05, 0.1) is 0 Å². The largest absolute Gasteiger partial charge is 0.300 e. The zero-order chi connectivity index (χ0) is 11.8. The Morgan fingerprint density at radius 3 is 2.88 bits per heavy atom. The predicted molar refractivity (Wildman–Crippen MR) is 69.2 cm³/mol. The second-order valence-electron chi connectivity index (χ2n) is 3.91. The third-order valence-corrected chi connectivity index (χ3v) is 2.35. The van der Waals surface area contributed by atoms with Crippen LogP contribution in [0.2, 0.25) is 0 Å². The molecule has 1 heteroatoms. The van der Waals surface area contributed by atoms with Crippen molar-refractivity contribution in [2.24, 2.45) is 0 Å². The summed E-state index contributed by atoms with van der Waals surface area (Å²) in [5.74, 6) is 0.237. The lowest BCUT2D eigenvalue weighted by Crippen LogP contribution is -1.91. The fourth-order valence-corrected chi connectivity index (χ4v) is 1.40. The van der Waals surface area contributed by atoms with E-state index in [4.69, 9.17) is 0 Å². The first-order chi connectivity index (χ1) is 7.68. The Labute approximate surface area is 97.6 Å². The SMILES string of the molecule is C=C1/C=C\C=C/C/C=C(CCC(C)=O)\C=C/1. The van der Waals surface area contributed by atoms with Crippen molar-refractivity contribution in [3.8, 4) is 0 Å². The van der Waals surface area contributed by atoms with Gasteiger partial charge < -0.3 is 4.79 Å². The molecule has 0 heterocycles. The highest BCUT2D eigenvalue weighted by molar-refractivity contribution is 5.75. The van der Waals surface area contributed by atoms with Crippen LogP contribution in [-0.4, -0.2) is 5.78 Å². The van der Waals surface area contributed by atoms with Crippen LogP contribution in [0.15, 0.2) is 60.3 Å². The fraction of sp³-hybridized carbons (Fsp3) is 0.267. The molecule has 0 spiro atoms. The lowest BCUT2D eigenvalue weighted by molar-refractivity contribution is -0.116. The van der Waals surface area contributed by atoms with Crippen LogP contribution >= 0.6 is 0 Å². The summed E-state index contributed by atoms with van der Waals surface area (Å²) in [6.07, 6.45) is 16.6. The van der Waals surface area contributed by atoms with E-state index in [-0.39, 0.29) is 5.78 Å². The van der Waals surface area contributed by atoms with E-state index in [0.717, 1.165) is 18.4 Å². The Morgan fingerprint density at radius 1 is 1.31 bits per heavy atom. The van der Waals surface area contributed by atoms with Gasteiger partial charge in [0, 0.05) is 6.42 Å². The van der Waals surface area contributed by atoms with Crippen LogP contribution in [0.5, 0.6) is 0 Å². The van der Waals surface area contributed by atoms with Crippen molar-refractivity contribution < 1.29 is 4.79 Å². The van der Waals surface area contributed by atoms with E-state index in [9.17, 15) is 4.79 Å². The topological polar surface area (TPSA) is 17.1 Å². The van der Waals surface area contributed by atoms with Gasteiger partial charge in [-0.1, -0.05) is 54.7 Å². The quantitative estimate of drug-likeness (QED) is 0.696. The van der Waals surface area contributed by atoms with Gasteiger partial charge in [-0.15, -0.1) is 0 Å². The van der Waals surface area contributed by atoms with E-state index in [0.29, 0.717) is 6.42 Å². The van der Waals surface area contributed by atoms with Crippen LogP contribution in [-0.2, 0) is 4.79 Å². The van der Waals surface area contributed by atoms with Crippen LogP contribution in [0.1, 0.15) is 26.2 Å². The standard InChI is InChI=1S/C15H18O/c1-13-7-5-3-4-6-8-15(11-9-13)12-10-14(2)16/h3-5,7-9,11H,1,6,10,12H2,2H3/b4-3-,7-5-,11-9-,15-8+. The third-order valence-electron chi connectivity index (χ3n) is 2.35. The molecule has 0 aromatic heterocycles. The van der Waals surface area contributed by atoms with Gasteiger partial charge in [0.2, 0.25) is 0 Å². The summed E-state index contributed by atoms with van der Waals surface area (Å²) >= 11 is 0. The first kappa shape index (κ1) is 12.4. The van der Waals surface area contributed by atoms with Gasteiger partial charge >= 0.3 is 0 Å². The molecule has 0 aromatic rings. The van der Waals surface area contributed by atoms with Crippen LogP contribution in [0.25, 0.3) is 0 Å². The van der Waals surface area contributed by atoms with Crippen molar-refractivity contribution in [3.05, 3.63) is 60.3 Å². The minimum Gasteiger partial charge on any atom is -0.300 e. The molecule has 0 bridgehead atoms. The second-order valence-corrected chi connectivity index (χ2v) is 3.91. The Bertz CT molecular complexity index is 378. The maximum atomic E-state index is 10.9. The molecule has 0 fully saturated rings. The smallest absolute Gasteiger partial charge is 0.130 e. The van der Waals surface area contributed by atoms with Gasteiger partial charge in [-0.3, -0.25) is 0 Å². The minimum atomic E-state index is 0.237. The van der Waals surface area contributed by atoms with Crippen molar-refractivity contribution in [1.82, 2.24) is 0 Å². The lowest BCUT2D eigenvalue weighted by Gasteiger charge is -2.01. The van der Waals surface area contributed by atoms with Gasteiger partial charge in [0.1, 0.15) is 5.78 Å². The van der Waals surface area contributed by atoms with Gasteiger partial charge in [-0.05, 0) is 25.3 Å². The molecule has 0 N–H and O–H groups in total. The van der Waals surface area contributed by atoms with E-state index < -0.39 is 0 Å². The van der Waals surface area contributed by atoms with E-state index in [1.54, 1.807) is 6.92 Å². The van der Waals surface area contributed by atoms with Crippen molar-refractivity contribution in [1.29, 1.82) is 0 Å². The molecule has 1 aliphatic carbocycles. The molecule has 84 valence electrons. The number of ketones is 1. The maximum absolute atomic E-state index is 10.9. The Morgan fingerprint density at radius 2 is 2.12 bits per heavy atom. The number of Topliss-reactive ketones (excluding diaryl/α,β-unsaturated/α-hetero) is 1. The van der Waals surface area contributed by atoms with Crippen LogP contribution in [0, 0.1) is 0 Å². The van der Waals surface area contributed by atoms with Crippen molar-refractivity contribution in [3.63, 3.8) is 0 Å². The summed E-state index contributed by atoms with van der Waals surface area (Å²) in [5, 5.41) is 0. The Hall–Kier alpha value is -1.63. The van der Waals surface area contributed by atoms with Gasteiger partial charge in [0.15, 0.2) is 0 Å². The van der Waals surface area contributed by atoms with Crippen molar-refractivity contribution in [2.45, 2.75) is 26.2 Å². The average Bonchev–Trinajstić information content (AvgIpc) is 2.25. The number of rotatable bonds is 3. The molecule has 16 heavy (non-hydrogen) atoms. The van der Waals surface area contributed by atoms with E-state index in [2.05, 4.69) is 24.8 Å².